The maximum Gasteiger partial charge on any atom is 0.137 e. The zero-order valence-electron chi connectivity index (χ0n) is 10.1. The van der Waals surface area contributed by atoms with Gasteiger partial charge in [-0.25, -0.2) is 0 Å². The highest BCUT2D eigenvalue weighted by Gasteiger charge is 2.13. The van der Waals surface area contributed by atoms with E-state index in [0.717, 1.165) is 37.8 Å². The average Bonchev–Trinajstić information content (AvgIpc) is 2.33. The second-order valence-electron chi connectivity index (χ2n) is 4.41. The molecule has 0 unspecified atom stereocenters. The first kappa shape index (κ1) is 15.9. The summed E-state index contributed by atoms with van der Waals surface area (Å²) in [5.74, 6) is 1.51. The van der Waals surface area contributed by atoms with Crippen LogP contribution >= 0.6 is 35.6 Å². The number of halogens is 3. The molecule has 0 aromatic heterocycles. The van der Waals surface area contributed by atoms with Crippen molar-refractivity contribution in [3.8, 4) is 5.75 Å². The summed E-state index contributed by atoms with van der Waals surface area (Å²) in [6, 6.07) is 5.34. The Bertz CT molecular complexity index is 367. The van der Waals surface area contributed by atoms with Crippen LogP contribution in [0.25, 0.3) is 0 Å². The Morgan fingerprint density at radius 3 is 2.61 bits per heavy atom. The Balaban J connectivity index is 0.00000162. The fourth-order valence-corrected chi connectivity index (χ4v) is 2.56. The minimum absolute atomic E-state index is 0. The fraction of sp³-hybridized carbons (Fsp3) is 0.538. The monoisotopic (exact) mass is 309 g/mol. The number of benzene rings is 1. The van der Waals surface area contributed by atoms with Crippen LogP contribution < -0.4 is 10.1 Å². The van der Waals surface area contributed by atoms with Crippen LogP contribution in [0.3, 0.4) is 0 Å². The molecule has 5 heteroatoms. The maximum atomic E-state index is 6.03. The molecule has 1 aliphatic heterocycles. The molecule has 18 heavy (non-hydrogen) atoms. The second kappa shape index (κ2) is 8.11. The van der Waals surface area contributed by atoms with E-state index in [4.69, 9.17) is 27.9 Å². The molecule has 0 radical (unpaired) electrons. The number of piperidine rings is 1. The summed E-state index contributed by atoms with van der Waals surface area (Å²) >= 11 is 11.9. The van der Waals surface area contributed by atoms with E-state index in [2.05, 4.69) is 5.32 Å². The Labute approximate surface area is 124 Å². The molecule has 0 amide bonds. The SMILES string of the molecule is Cl.Clc1ccc(OCCC2CCNCC2)c(Cl)c1. The van der Waals surface area contributed by atoms with Gasteiger partial charge in [0.2, 0.25) is 0 Å². The number of hydrogen-bond acceptors (Lipinski definition) is 2. The molecule has 0 spiro atoms. The Kier molecular flexibility index (Phi) is 7.16. The van der Waals surface area contributed by atoms with Crippen LogP contribution in [0, 0.1) is 5.92 Å². The highest BCUT2D eigenvalue weighted by molar-refractivity contribution is 6.35. The van der Waals surface area contributed by atoms with Crippen molar-refractivity contribution < 1.29 is 4.74 Å². The number of hydrogen-bond donors (Lipinski definition) is 1. The van der Waals surface area contributed by atoms with E-state index >= 15 is 0 Å². The van der Waals surface area contributed by atoms with Gasteiger partial charge in [-0.05, 0) is 56.5 Å². The third-order valence-corrected chi connectivity index (χ3v) is 3.67. The van der Waals surface area contributed by atoms with Crippen molar-refractivity contribution in [2.75, 3.05) is 19.7 Å². The second-order valence-corrected chi connectivity index (χ2v) is 5.25. The van der Waals surface area contributed by atoms with Crippen LogP contribution in [-0.2, 0) is 0 Å². The maximum absolute atomic E-state index is 6.03. The summed E-state index contributed by atoms with van der Waals surface area (Å²) in [6.07, 6.45) is 3.59. The van der Waals surface area contributed by atoms with Crippen molar-refractivity contribution in [3.63, 3.8) is 0 Å². The molecule has 1 fully saturated rings. The van der Waals surface area contributed by atoms with Crippen molar-refractivity contribution in [1.82, 2.24) is 5.32 Å². The molecule has 0 aliphatic carbocycles. The molecule has 1 saturated heterocycles. The third-order valence-electron chi connectivity index (χ3n) is 3.14. The van der Waals surface area contributed by atoms with Gasteiger partial charge in [0.25, 0.3) is 0 Å². The van der Waals surface area contributed by atoms with Crippen molar-refractivity contribution in [3.05, 3.63) is 28.2 Å². The third kappa shape index (κ3) is 4.85. The predicted molar refractivity (Wildman–Crippen MR) is 79.4 cm³/mol. The van der Waals surface area contributed by atoms with E-state index in [0.29, 0.717) is 10.0 Å². The summed E-state index contributed by atoms with van der Waals surface area (Å²) in [6.45, 7) is 2.99. The highest BCUT2D eigenvalue weighted by Crippen LogP contribution is 2.28. The van der Waals surface area contributed by atoms with Gasteiger partial charge in [-0.15, -0.1) is 12.4 Å². The minimum atomic E-state index is 0. The first-order valence-electron chi connectivity index (χ1n) is 6.04. The number of rotatable bonds is 4. The summed E-state index contributed by atoms with van der Waals surface area (Å²) < 4.78 is 5.68. The first-order valence-corrected chi connectivity index (χ1v) is 6.80. The standard InChI is InChI=1S/C13H17Cl2NO.ClH/c14-11-1-2-13(12(15)9-11)17-8-5-10-3-6-16-7-4-10;/h1-2,9-10,16H,3-8H2;1H. The molecule has 2 rings (SSSR count). The van der Waals surface area contributed by atoms with Gasteiger partial charge >= 0.3 is 0 Å². The van der Waals surface area contributed by atoms with Crippen molar-refractivity contribution in [1.29, 1.82) is 0 Å². The minimum Gasteiger partial charge on any atom is -0.492 e. The summed E-state index contributed by atoms with van der Waals surface area (Å²) in [4.78, 5) is 0. The Morgan fingerprint density at radius 2 is 1.94 bits per heavy atom. The van der Waals surface area contributed by atoms with Gasteiger partial charge in [0.05, 0.1) is 11.6 Å². The van der Waals surface area contributed by atoms with E-state index in [1.165, 1.54) is 12.8 Å². The van der Waals surface area contributed by atoms with Crippen LogP contribution in [0.4, 0.5) is 0 Å². The average molecular weight is 311 g/mol. The van der Waals surface area contributed by atoms with Crippen molar-refractivity contribution >= 4 is 35.6 Å². The molecule has 1 aromatic carbocycles. The summed E-state index contributed by atoms with van der Waals surface area (Å²) in [5.41, 5.74) is 0. The highest BCUT2D eigenvalue weighted by atomic mass is 35.5. The first-order chi connectivity index (χ1) is 8.25. The van der Waals surface area contributed by atoms with Crippen LogP contribution in [0.15, 0.2) is 18.2 Å². The zero-order chi connectivity index (χ0) is 12.1. The lowest BCUT2D eigenvalue weighted by atomic mass is 9.95. The molecule has 2 nitrogen and oxygen atoms in total. The van der Waals surface area contributed by atoms with E-state index in [-0.39, 0.29) is 12.4 Å². The molecule has 0 bridgehead atoms. The molecule has 1 aromatic rings. The molecular weight excluding hydrogens is 293 g/mol. The Hall–Kier alpha value is -0.150. The summed E-state index contributed by atoms with van der Waals surface area (Å²) in [5, 5.41) is 4.59. The van der Waals surface area contributed by atoms with Crippen LogP contribution in [0.2, 0.25) is 10.0 Å². The number of ether oxygens (including phenoxy) is 1. The van der Waals surface area contributed by atoms with Crippen molar-refractivity contribution in [2.45, 2.75) is 19.3 Å². The molecule has 0 saturated carbocycles. The molecule has 0 atom stereocenters. The largest absolute Gasteiger partial charge is 0.492 e. The van der Waals surface area contributed by atoms with Gasteiger partial charge in [0.15, 0.2) is 0 Å². The van der Waals surface area contributed by atoms with Gasteiger partial charge < -0.3 is 10.1 Å². The van der Waals surface area contributed by atoms with Gasteiger partial charge in [0, 0.05) is 5.02 Å². The lowest BCUT2D eigenvalue weighted by Gasteiger charge is -2.22. The summed E-state index contributed by atoms with van der Waals surface area (Å²) in [7, 11) is 0. The quantitative estimate of drug-likeness (QED) is 0.900. The number of nitrogens with one attached hydrogen (secondary N) is 1. The normalized spacial score (nSPS) is 16.1. The lowest BCUT2D eigenvalue weighted by molar-refractivity contribution is 0.252. The van der Waals surface area contributed by atoms with Gasteiger partial charge in [-0.2, -0.15) is 0 Å². The molecule has 1 N–H and O–H groups in total. The van der Waals surface area contributed by atoms with Crippen LogP contribution in [0.5, 0.6) is 5.75 Å². The zero-order valence-corrected chi connectivity index (χ0v) is 12.5. The van der Waals surface area contributed by atoms with Crippen LogP contribution in [-0.4, -0.2) is 19.7 Å². The van der Waals surface area contributed by atoms with Gasteiger partial charge in [-0.3, -0.25) is 0 Å². The van der Waals surface area contributed by atoms with E-state index in [9.17, 15) is 0 Å². The smallest absolute Gasteiger partial charge is 0.137 e. The predicted octanol–water partition coefficient (Wildman–Crippen LogP) is 4.18. The topological polar surface area (TPSA) is 21.3 Å². The molecule has 1 aliphatic rings. The molecular formula is C13H18Cl3NO. The van der Waals surface area contributed by atoms with Crippen molar-refractivity contribution in [2.24, 2.45) is 5.92 Å². The van der Waals surface area contributed by atoms with E-state index in [1.807, 2.05) is 6.07 Å². The van der Waals surface area contributed by atoms with E-state index in [1.54, 1.807) is 12.1 Å². The van der Waals surface area contributed by atoms with Gasteiger partial charge in [-0.1, -0.05) is 23.2 Å². The fourth-order valence-electron chi connectivity index (χ4n) is 2.10. The molecule has 102 valence electrons. The van der Waals surface area contributed by atoms with Gasteiger partial charge in [0.1, 0.15) is 5.75 Å². The van der Waals surface area contributed by atoms with E-state index < -0.39 is 0 Å². The lowest BCUT2D eigenvalue weighted by Crippen LogP contribution is -2.28. The van der Waals surface area contributed by atoms with Crippen LogP contribution in [0.1, 0.15) is 19.3 Å². The Morgan fingerprint density at radius 1 is 1.22 bits per heavy atom. The molecule has 1 heterocycles.